The van der Waals surface area contributed by atoms with E-state index in [1.807, 2.05) is 24.2 Å². The minimum absolute atomic E-state index is 0.709. The predicted octanol–water partition coefficient (Wildman–Crippen LogP) is 1.99. The molecule has 2 nitrogen and oxygen atoms in total. The zero-order valence-electron chi connectivity index (χ0n) is 8.49. The molecule has 0 spiro atoms. The van der Waals surface area contributed by atoms with E-state index in [9.17, 15) is 0 Å². The second kappa shape index (κ2) is 4.80. The van der Waals surface area contributed by atoms with Crippen molar-refractivity contribution in [1.29, 1.82) is 0 Å². The summed E-state index contributed by atoms with van der Waals surface area (Å²) < 4.78 is 0. The molecule has 1 aliphatic heterocycles. The molecule has 1 N–H and O–H groups in total. The van der Waals surface area contributed by atoms with E-state index in [1.165, 1.54) is 29.1 Å². The standard InChI is InChI=1S/C11H16N2S/c1-9-4-10(6-12-5-9)7-13-11-2-3-14-8-11/h4-6,11,13H,2-3,7-8H2,1H3. The summed E-state index contributed by atoms with van der Waals surface area (Å²) in [5.41, 5.74) is 2.53. The lowest BCUT2D eigenvalue weighted by molar-refractivity contribution is 0.557. The number of pyridine rings is 1. The average molecular weight is 208 g/mol. The van der Waals surface area contributed by atoms with Gasteiger partial charge in [-0.2, -0.15) is 11.8 Å². The normalized spacial score (nSPS) is 21.4. The molecule has 2 rings (SSSR count). The fraction of sp³-hybridized carbons (Fsp3) is 0.545. The van der Waals surface area contributed by atoms with Gasteiger partial charge in [0.2, 0.25) is 0 Å². The van der Waals surface area contributed by atoms with E-state index in [0.29, 0.717) is 6.04 Å². The van der Waals surface area contributed by atoms with E-state index in [1.54, 1.807) is 0 Å². The minimum atomic E-state index is 0.709. The van der Waals surface area contributed by atoms with Gasteiger partial charge >= 0.3 is 0 Å². The second-order valence-corrected chi connectivity index (χ2v) is 4.96. The number of rotatable bonds is 3. The van der Waals surface area contributed by atoms with Gasteiger partial charge in [-0.1, -0.05) is 6.07 Å². The highest BCUT2D eigenvalue weighted by Gasteiger charge is 2.14. The molecule has 1 aromatic heterocycles. The summed E-state index contributed by atoms with van der Waals surface area (Å²) in [7, 11) is 0. The van der Waals surface area contributed by atoms with Crippen molar-refractivity contribution in [1.82, 2.24) is 10.3 Å². The van der Waals surface area contributed by atoms with Gasteiger partial charge in [-0.25, -0.2) is 0 Å². The molecule has 1 aromatic rings. The zero-order valence-corrected chi connectivity index (χ0v) is 9.31. The number of aryl methyl sites for hydroxylation is 1. The molecule has 1 unspecified atom stereocenters. The van der Waals surface area contributed by atoms with Crippen LogP contribution in [0, 0.1) is 6.92 Å². The average Bonchev–Trinajstić information content (AvgIpc) is 2.67. The molecule has 0 aliphatic carbocycles. The van der Waals surface area contributed by atoms with Gasteiger partial charge in [-0.3, -0.25) is 4.98 Å². The summed E-state index contributed by atoms with van der Waals surface area (Å²) in [6, 6.07) is 2.91. The van der Waals surface area contributed by atoms with Crippen LogP contribution in [0.25, 0.3) is 0 Å². The fourth-order valence-electron chi connectivity index (χ4n) is 1.67. The Labute approximate surface area is 89.5 Å². The van der Waals surface area contributed by atoms with Crippen molar-refractivity contribution >= 4 is 11.8 Å². The van der Waals surface area contributed by atoms with E-state index in [2.05, 4.69) is 23.3 Å². The molecule has 0 radical (unpaired) electrons. The maximum Gasteiger partial charge on any atom is 0.0313 e. The van der Waals surface area contributed by atoms with Gasteiger partial charge in [0.05, 0.1) is 0 Å². The third-order valence-electron chi connectivity index (χ3n) is 2.46. The first-order valence-electron chi connectivity index (χ1n) is 5.06. The number of aromatic nitrogens is 1. The van der Waals surface area contributed by atoms with E-state index >= 15 is 0 Å². The lowest BCUT2D eigenvalue weighted by Gasteiger charge is -2.10. The molecule has 2 heterocycles. The van der Waals surface area contributed by atoms with E-state index in [-0.39, 0.29) is 0 Å². The number of nitrogens with zero attached hydrogens (tertiary/aromatic N) is 1. The Morgan fingerprint density at radius 2 is 2.50 bits per heavy atom. The number of hydrogen-bond donors (Lipinski definition) is 1. The third kappa shape index (κ3) is 2.72. The first kappa shape index (κ1) is 9.99. The lowest BCUT2D eigenvalue weighted by atomic mass is 10.2. The van der Waals surface area contributed by atoms with E-state index < -0.39 is 0 Å². The third-order valence-corrected chi connectivity index (χ3v) is 3.62. The first-order chi connectivity index (χ1) is 6.84. The van der Waals surface area contributed by atoms with Crippen LogP contribution in [0.1, 0.15) is 17.5 Å². The Hall–Kier alpha value is -0.540. The molecule has 14 heavy (non-hydrogen) atoms. The summed E-state index contributed by atoms with van der Waals surface area (Å²) >= 11 is 2.04. The van der Waals surface area contributed by atoms with Crippen molar-refractivity contribution in [2.75, 3.05) is 11.5 Å². The molecule has 1 atom stereocenters. The van der Waals surface area contributed by atoms with Crippen molar-refractivity contribution in [3.8, 4) is 0 Å². The van der Waals surface area contributed by atoms with Crippen molar-refractivity contribution in [3.05, 3.63) is 29.6 Å². The molecule has 3 heteroatoms. The molecule has 1 fully saturated rings. The van der Waals surface area contributed by atoms with Gasteiger partial charge in [0.25, 0.3) is 0 Å². The number of thioether (sulfide) groups is 1. The van der Waals surface area contributed by atoms with Crippen LogP contribution in [0.15, 0.2) is 18.5 Å². The number of hydrogen-bond acceptors (Lipinski definition) is 3. The molecular weight excluding hydrogens is 192 g/mol. The van der Waals surface area contributed by atoms with Gasteiger partial charge in [0.1, 0.15) is 0 Å². The van der Waals surface area contributed by atoms with Crippen molar-refractivity contribution in [3.63, 3.8) is 0 Å². The Morgan fingerprint density at radius 1 is 1.57 bits per heavy atom. The SMILES string of the molecule is Cc1cncc(CNC2CCSC2)c1. The summed E-state index contributed by atoms with van der Waals surface area (Å²) in [4.78, 5) is 4.18. The van der Waals surface area contributed by atoms with Crippen LogP contribution in [0.5, 0.6) is 0 Å². The van der Waals surface area contributed by atoms with Crippen LogP contribution in [0.4, 0.5) is 0 Å². The fourth-order valence-corrected chi connectivity index (χ4v) is 2.86. The molecule has 1 aliphatic rings. The van der Waals surface area contributed by atoms with E-state index in [4.69, 9.17) is 0 Å². The lowest BCUT2D eigenvalue weighted by Crippen LogP contribution is -2.27. The van der Waals surface area contributed by atoms with Gasteiger partial charge in [0.15, 0.2) is 0 Å². The first-order valence-corrected chi connectivity index (χ1v) is 6.22. The van der Waals surface area contributed by atoms with Crippen LogP contribution in [0.3, 0.4) is 0 Å². The van der Waals surface area contributed by atoms with Gasteiger partial charge in [-0.15, -0.1) is 0 Å². The highest BCUT2D eigenvalue weighted by molar-refractivity contribution is 7.99. The van der Waals surface area contributed by atoms with Crippen molar-refractivity contribution in [2.45, 2.75) is 25.9 Å². The van der Waals surface area contributed by atoms with E-state index in [0.717, 1.165) is 6.54 Å². The van der Waals surface area contributed by atoms with Gasteiger partial charge in [0, 0.05) is 30.7 Å². The predicted molar refractivity (Wildman–Crippen MR) is 61.5 cm³/mol. The Morgan fingerprint density at radius 3 is 3.21 bits per heavy atom. The van der Waals surface area contributed by atoms with Gasteiger partial charge in [-0.05, 0) is 30.2 Å². The topological polar surface area (TPSA) is 24.9 Å². The zero-order chi connectivity index (χ0) is 9.80. The summed E-state index contributed by atoms with van der Waals surface area (Å²) in [6.07, 6.45) is 5.15. The summed E-state index contributed by atoms with van der Waals surface area (Å²) in [6.45, 7) is 3.04. The molecule has 76 valence electrons. The molecule has 0 bridgehead atoms. The monoisotopic (exact) mass is 208 g/mol. The van der Waals surface area contributed by atoms with Crippen LogP contribution < -0.4 is 5.32 Å². The Kier molecular flexibility index (Phi) is 3.43. The summed E-state index contributed by atoms with van der Waals surface area (Å²) in [5, 5.41) is 3.56. The Balaban J connectivity index is 1.85. The van der Waals surface area contributed by atoms with Crippen LogP contribution >= 0.6 is 11.8 Å². The highest BCUT2D eigenvalue weighted by atomic mass is 32.2. The Bertz CT molecular complexity index is 295. The van der Waals surface area contributed by atoms with Crippen LogP contribution in [-0.2, 0) is 6.54 Å². The van der Waals surface area contributed by atoms with Crippen molar-refractivity contribution in [2.24, 2.45) is 0 Å². The van der Waals surface area contributed by atoms with Gasteiger partial charge < -0.3 is 5.32 Å². The second-order valence-electron chi connectivity index (χ2n) is 3.81. The minimum Gasteiger partial charge on any atom is -0.309 e. The quantitative estimate of drug-likeness (QED) is 0.822. The van der Waals surface area contributed by atoms with Crippen LogP contribution in [0.2, 0.25) is 0 Å². The molecule has 0 amide bonds. The molecular formula is C11H16N2S. The maximum atomic E-state index is 4.18. The highest BCUT2D eigenvalue weighted by Crippen LogP contribution is 2.17. The smallest absolute Gasteiger partial charge is 0.0313 e. The maximum absolute atomic E-state index is 4.18. The summed E-state index contributed by atoms with van der Waals surface area (Å²) in [5.74, 6) is 2.57. The molecule has 1 saturated heterocycles. The largest absolute Gasteiger partial charge is 0.309 e. The molecule has 0 aromatic carbocycles. The van der Waals surface area contributed by atoms with Crippen LogP contribution in [-0.4, -0.2) is 22.5 Å². The molecule has 0 saturated carbocycles. The number of nitrogens with one attached hydrogen (secondary N) is 1. The van der Waals surface area contributed by atoms with Crippen molar-refractivity contribution < 1.29 is 0 Å².